The molecule has 3 aromatic carbocycles. The van der Waals surface area contributed by atoms with Gasteiger partial charge in [0.25, 0.3) is 12.0 Å². The summed E-state index contributed by atoms with van der Waals surface area (Å²) in [4.78, 5) is 191. The van der Waals surface area contributed by atoms with E-state index in [1.165, 1.54) is 86.4 Å². The SMILES string of the molecule is C=CC(C)(COC(=O)NCCCCCCN=C=O)COC(=O)NCCCCCCN=C=O.C=CC(COC(=O)Nc1ccc(C)c(N=C=O)c1)(COC(=O)Nc1ccc(C)c(N=C=O)c1)COC(=O)Nc1ccc(C)c(N=C=O)c1.CCCCCC.O=C=NCCCCCCN1C(=O)CC(=O)N(N=C=O)C1=O. The zero-order valence-corrected chi connectivity index (χ0v) is 61.3. The van der Waals surface area contributed by atoms with E-state index in [1.54, 1.807) is 70.2 Å². The summed E-state index contributed by atoms with van der Waals surface area (Å²) in [5.41, 5.74) is 1.53. The summed E-state index contributed by atoms with van der Waals surface area (Å²) >= 11 is 0. The van der Waals surface area contributed by atoms with Crippen molar-refractivity contribution in [1.82, 2.24) is 20.5 Å². The first-order chi connectivity index (χ1) is 51.5. The number of amides is 9. The fourth-order valence-electron chi connectivity index (χ4n) is 8.84. The number of rotatable bonds is 43. The summed E-state index contributed by atoms with van der Waals surface area (Å²) in [5, 5.41) is 16.2. The Balaban J connectivity index is 0.000000832. The zero-order valence-electron chi connectivity index (χ0n) is 61.3. The molecule has 0 aromatic heterocycles. The molecule has 1 aliphatic heterocycles. The van der Waals surface area contributed by atoms with Gasteiger partial charge in [-0.05, 0) is 119 Å². The number of imide groups is 2. The van der Waals surface area contributed by atoms with Crippen molar-refractivity contribution in [2.24, 2.45) is 45.9 Å². The van der Waals surface area contributed by atoms with E-state index in [0.29, 0.717) is 77.9 Å². The molecule has 107 heavy (non-hydrogen) atoms. The normalized spacial score (nSPS) is 11.9. The van der Waals surface area contributed by atoms with Crippen molar-refractivity contribution in [2.45, 2.75) is 151 Å². The van der Waals surface area contributed by atoms with Crippen LogP contribution in [0.15, 0.2) is 115 Å². The van der Waals surface area contributed by atoms with Crippen molar-refractivity contribution in [2.75, 3.05) is 88.3 Å². The fourth-order valence-corrected chi connectivity index (χ4v) is 8.84. The number of hydrogen-bond donors (Lipinski definition) is 5. The highest BCUT2D eigenvalue weighted by molar-refractivity contribution is 6.14. The molecular formula is C73H94N14O20. The van der Waals surface area contributed by atoms with Crippen LogP contribution >= 0.6 is 0 Å². The highest BCUT2D eigenvalue weighted by Crippen LogP contribution is 2.28. The molecule has 1 heterocycles. The highest BCUT2D eigenvalue weighted by atomic mass is 16.6. The number of hydrazone groups is 1. The van der Waals surface area contributed by atoms with Gasteiger partial charge >= 0.3 is 36.5 Å². The Hall–Kier alpha value is -12.2. The summed E-state index contributed by atoms with van der Waals surface area (Å²) in [6.45, 7) is 20.0. The van der Waals surface area contributed by atoms with Crippen molar-refractivity contribution in [3.63, 3.8) is 0 Å². The Kier molecular flexibility index (Phi) is 48.8. The van der Waals surface area contributed by atoms with Crippen molar-refractivity contribution in [3.05, 3.63) is 96.6 Å². The quantitative estimate of drug-likeness (QED) is 0.00877. The van der Waals surface area contributed by atoms with Gasteiger partial charge < -0.3 is 34.3 Å². The number of carbonyl (C=O) groups excluding carboxylic acids is 15. The van der Waals surface area contributed by atoms with E-state index >= 15 is 0 Å². The topological polar surface area (TPSA) is 455 Å². The van der Waals surface area contributed by atoms with Gasteiger partial charge in [-0.3, -0.25) is 30.4 Å². The van der Waals surface area contributed by atoms with Crippen LogP contribution in [-0.4, -0.2) is 173 Å². The fraction of sp³-hybridized carbons (Fsp3) is 0.493. The largest absolute Gasteiger partial charge is 0.449 e. The lowest BCUT2D eigenvalue weighted by Gasteiger charge is -2.29. The van der Waals surface area contributed by atoms with E-state index in [4.69, 9.17) is 23.7 Å². The Bertz CT molecular complexity index is 3510. The molecule has 1 saturated heterocycles. The minimum absolute atomic E-state index is 0.0303. The van der Waals surface area contributed by atoms with Gasteiger partial charge in [0.05, 0.1) is 47.5 Å². The predicted molar refractivity (Wildman–Crippen MR) is 392 cm³/mol. The number of urea groups is 1. The number of alkyl carbamates (subject to hydrolysis) is 2. The van der Waals surface area contributed by atoms with E-state index in [9.17, 15) is 71.9 Å². The monoisotopic (exact) mass is 1490 g/mol. The van der Waals surface area contributed by atoms with Crippen LogP contribution in [0.2, 0.25) is 0 Å². The van der Waals surface area contributed by atoms with E-state index in [1.807, 2.05) is 0 Å². The third kappa shape index (κ3) is 41.0. The van der Waals surface area contributed by atoms with Crippen LogP contribution < -0.4 is 26.6 Å². The van der Waals surface area contributed by atoms with Crippen molar-refractivity contribution < 1.29 is 95.6 Å². The standard InChI is InChI=1S/C33H30N6O9.C22H36N4O6.C12H14N4O5.C6H14/c1-5-33(15-46-30(43)37-24-9-6-21(2)27(12-24)34-18-40,16-47-31(44)38-25-10-7-22(3)28(13-25)35-19-41)17-48-32(45)39-26-11-8-23(4)29(14-26)36-20-42;1-3-22(2,16-31-20(29)25-14-10-6-4-8-12-23-18-27)17-32-21(30)26-15-11-7-5-9-13-24-19-28;17-8-13-5-3-1-2-4-6-15-10(19)7-11(20)16(12(15)21)14-9-18;1-3-5-6-4-2/h5-14H,1,15-17H2,2-4H3,(H,37,43)(H,38,44)(H,39,45);3H,1,4-17H2,2H3,(H,25,29)(H,26,30);1-7H2;3-6H2,1-2H3. The van der Waals surface area contributed by atoms with Crippen LogP contribution in [0.4, 0.5) is 62.9 Å². The first-order valence-corrected chi connectivity index (χ1v) is 34.3. The number of carbonyl (C=O) groups is 8. The maximum Gasteiger partial charge on any atom is 0.411 e. The highest BCUT2D eigenvalue weighted by Gasteiger charge is 2.38. The van der Waals surface area contributed by atoms with Gasteiger partial charge in [-0.25, -0.2) is 77.3 Å². The number of isocyanates is 7. The van der Waals surface area contributed by atoms with E-state index in [0.717, 1.165) is 81.6 Å². The van der Waals surface area contributed by atoms with Crippen LogP contribution in [0.25, 0.3) is 0 Å². The van der Waals surface area contributed by atoms with Gasteiger partial charge in [0.1, 0.15) is 39.5 Å². The van der Waals surface area contributed by atoms with Crippen molar-refractivity contribution >= 4 is 125 Å². The van der Waals surface area contributed by atoms with E-state index < -0.39 is 85.4 Å². The Morgan fingerprint density at radius 2 is 0.813 bits per heavy atom. The summed E-state index contributed by atoms with van der Waals surface area (Å²) in [7, 11) is 0. The van der Waals surface area contributed by atoms with Crippen molar-refractivity contribution in [3.8, 4) is 0 Å². The smallest absolute Gasteiger partial charge is 0.411 e. The number of hydrogen-bond acceptors (Lipinski definition) is 27. The maximum absolute atomic E-state index is 12.7. The van der Waals surface area contributed by atoms with Gasteiger partial charge in [0.15, 0.2) is 0 Å². The molecule has 0 atom stereocenters. The number of benzene rings is 3. The molecule has 34 nitrogen and oxygen atoms in total. The number of aryl methyl sites for hydroxylation is 3. The minimum Gasteiger partial charge on any atom is -0.449 e. The number of ether oxygens (including phenoxy) is 5. The lowest BCUT2D eigenvalue weighted by atomic mass is 9.91. The molecule has 0 bridgehead atoms. The molecule has 576 valence electrons. The molecule has 0 unspecified atom stereocenters. The molecule has 0 radical (unpaired) electrons. The molecule has 34 heteroatoms. The predicted octanol–water partition coefficient (Wildman–Crippen LogP) is 13.1. The Morgan fingerprint density at radius 3 is 1.14 bits per heavy atom. The molecule has 1 fully saturated rings. The second-order valence-electron chi connectivity index (χ2n) is 23.9. The third-order valence-corrected chi connectivity index (χ3v) is 15.2. The van der Waals surface area contributed by atoms with Gasteiger partial charge in [0.2, 0.25) is 42.4 Å². The van der Waals surface area contributed by atoms with Gasteiger partial charge in [-0.15, -0.1) is 18.2 Å². The van der Waals surface area contributed by atoms with Crippen LogP contribution in [0.1, 0.15) is 147 Å². The molecule has 0 aliphatic carbocycles. The summed E-state index contributed by atoms with van der Waals surface area (Å²) in [6.07, 6.45) is 23.7. The number of aliphatic imine (C=N–C) groups is 6. The first-order valence-electron chi connectivity index (χ1n) is 34.3. The number of nitrogens with zero attached hydrogens (tertiary/aromatic N) is 9. The summed E-state index contributed by atoms with van der Waals surface area (Å²) in [5.74, 6) is -1.44. The number of anilines is 3. The Labute approximate surface area is 620 Å². The number of unbranched alkanes of at least 4 members (excludes halogenated alkanes) is 12. The average molecular weight is 1490 g/mol. The minimum atomic E-state index is -1.45. The second kappa shape index (κ2) is 56.2. The number of nitrogens with one attached hydrogen (secondary N) is 5. The molecule has 5 N–H and O–H groups in total. The molecule has 9 amide bonds. The summed E-state index contributed by atoms with van der Waals surface area (Å²) < 4.78 is 26.6. The molecule has 0 saturated carbocycles. The first kappa shape index (κ1) is 92.8. The molecular weight excluding hydrogens is 1390 g/mol. The van der Waals surface area contributed by atoms with Crippen LogP contribution in [-0.2, 0) is 66.8 Å². The van der Waals surface area contributed by atoms with E-state index in [2.05, 4.69) is 88.6 Å². The Morgan fingerprint density at radius 1 is 0.458 bits per heavy atom. The average Bonchev–Trinajstić information content (AvgIpc) is 0.819. The van der Waals surface area contributed by atoms with Crippen LogP contribution in [0, 0.1) is 31.6 Å². The van der Waals surface area contributed by atoms with Gasteiger partial charge in [-0.2, -0.15) is 15.0 Å². The summed E-state index contributed by atoms with van der Waals surface area (Å²) in [6, 6.07) is 13.0. The molecule has 4 rings (SSSR count). The van der Waals surface area contributed by atoms with Crippen LogP contribution in [0.3, 0.4) is 0 Å². The van der Waals surface area contributed by atoms with Gasteiger partial charge in [0, 0.05) is 36.7 Å². The zero-order chi connectivity index (χ0) is 79.5. The van der Waals surface area contributed by atoms with Crippen LogP contribution in [0.5, 0.6) is 0 Å². The number of barbiturate groups is 1. The lowest BCUT2D eigenvalue weighted by molar-refractivity contribution is -0.142. The van der Waals surface area contributed by atoms with Crippen molar-refractivity contribution in [1.29, 1.82) is 0 Å². The molecule has 1 aliphatic rings. The van der Waals surface area contributed by atoms with Gasteiger partial charge in [-0.1, -0.05) is 114 Å². The molecule has 3 aromatic rings. The molecule has 0 spiro atoms. The maximum atomic E-state index is 12.7. The second-order valence-corrected chi connectivity index (χ2v) is 23.9. The lowest BCUT2D eigenvalue weighted by Crippen LogP contribution is -2.53. The third-order valence-electron chi connectivity index (χ3n) is 15.2. The van der Waals surface area contributed by atoms with E-state index in [-0.39, 0.29) is 36.8 Å².